The van der Waals surface area contributed by atoms with Crippen LogP contribution in [0.2, 0.25) is 0 Å². The Morgan fingerprint density at radius 2 is 1.97 bits per heavy atom. The largest absolute Gasteiger partial charge is 0.425 e. The molecule has 0 bridgehead atoms. The van der Waals surface area contributed by atoms with Crippen molar-refractivity contribution >= 4 is 34.1 Å². The molecule has 0 aliphatic carbocycles. The third kappa shape index (κ3) is 3.24. The molecule has 2 heterocycles. The molecule has 0 saturated carbocycles. The maximum atomic E-state index is 12.7. The molecule has 0 N–H and O–H groups in total. The molecule has 1 aromatic rings. The third-order valence-corrected chi connectivity index (χ3v) is 7.95. The summed E-state index contributed by atoms with van der Waals surface area (Å²) in [4.78, 5) is 36.2. The van der Waals surface area contributed by atoms with Crippen molar-refractivity contribution < 1.29 is 27.5 Å². The molecular formula is C21H25NO6S. The lowest BCUT2D eigenvalue weighted by molar-refractivity contribution is -0.137. The van der Waals surface area contributed by atoms with Gasteiger partial charge in [-0.1, -0.05) is 6.92 Å². The lowest BCUT2D eigenvalue weighted by atomic mass is 9.76. The number of aldehydes is 1. The summed E-state index contributed by atoms with van der Waals surface area (Å²) in [5.74, 6) is -0.846. The number of fused-ring (bicyclic) bond motifs is 1. The summed E-state index contributed by atoms with van der Waals surface area (Å²) in [6.07, 6.45) is 2.22. The van der Waals surface area contributed by atoms with Crippen molar-refractivity contribution in [2.45, 2.75) is 51.9 Å². The van der Waals surface area contributed by atoms with Crippen LogP contribution in [-0.2, 0) is 35.2 Å². The molecule has 0 amide bonds. The molecule has 0 spiro atoms. The van der Waals surface area contributed by atoms with E-state index >= 15 is 0 Å². The number of esters is 1. The molecule has 3 rings (SSSR count). The predicted octanol–water partition coefficient (Wildman–Crippen LogP) is 2.33. The lowest BCUT2D eigenvalue weighted by Crippen LogP contribution is -2.30. The van der Waals surface area contributed by atoms with Gasteiger partial charge >= 0.3 is 5.97 Å². The number of sulfonamides is 1. The Bertz CT molecular complexity index is 1050. The Morgan fingerprint density at radius 3 is 2.52 bits per heavy atom. The minimum Gasteiger partial charge on any atom is -0.425 e. The van der Waals surface area contributed by atoms with Crippen molar-refractivity contribution in [1.82, 2.24) is 4.31 Å². The van der Waals surface area contributed by atoms with Crippen LogP contribution < -0.4 is 4.74 Å². The average molecular weight is 419 g/mol. The lowest BCUT2D eigenvalue weighted by Gasteiger charge is -2.24. The molecule has 1 fully saturated rings. The van der Waals surface area contributed by atoms with Crippen LogP contribution in [0.1, 0.15) is 57.7 Å². The van der Waals surface area contributed by atoms with Gasteiger partial charge < -0.3 is 4.74 Å². The van der Waals surface area contributed by atoms with E-state index in [2.05, 4.69) is 0 Å². The van der Waals surface area contributed by atoms with Gasteiger partial charge in [0.1, 0.15) is 5.75 Å². The second kappa shape index (κ2) is 6.88. The number of hydrogen-bond acceptors (Lipinski definition) is 6. The van der Waals surface area contributed by atoms with Gasteiger partial charge in [-0.05, 0) is 57.9 Å². The molecule has 7 nitrogen and oxygen atoms in total. The van der Waals surface area contributed by atoms with Crippen LogP contribution >= 0.6 is 0 Å². The van der Waals surface area contributed by atoms with Crippen molar-refractivity contribution in [3.05, 3.63) is 33.7 Å². The van der Waals surface area contributed by atoms with E-state index in [0.717, 1.165) is 0 Å². The van der Waals surface area contributed by atoms with Crippen molar-refractivity contribution in [3.8, 4) is 5.75 Å². The second-order valence-electron chi connectivity index (χ2n) is 8.42. The topological polar surface area (TPSA) is 97.8 Å². The zero-order valence-electron chi connectivity index (χ0n) is 17.2. The van der Waals surface area contributed by atoms with Gasteiger partial charge in [0.25, 0.3) is 0 Å². The van der Waals surface area contributed by atoms with Gasteiger partial charge in [-0.25, -0.2) is 8.42 Å². The van der Waals surface area contributed by atoms with Gasteiger partial charge in [0.2, 0.25) is 15.8 Å². The zero-order chi connectivity index (χ0) is 21.8. The number of carbonyl (C=O) groups excluding carboxylic acids is 3. The number of rotatable bonds is 5. The standard InChI is InChI=1S/C21H25NO6S/c1-6-22-8-7-14(29(22,26)27)9-13-10-15(20(2,3)17(24)12-23)18-16(11-13)21(4,5)19(25)28-18/h9-12H,6-8H2,1-5H3/b14-9+. The Kier molecular flexibility index (Phi) is 5.07. The SMILES string of the molecule is CCN1CC/C(=C\c2cc(C(C)(C)C(=O)C=O)c3c(c2)C(C)(C)C(=O)O3)S1(=O)=O. The van der Waals surface area contributed by atoms with E-state index in [1.54, 1.807) is 52.8 Å². The second-order valence-corrected chi connectivity index (χ2v) is 10.4. The van der Waals surface area contributed by atoms with Crippen LogP contribution in [0.4, 0.5) is 0 Å². The van der Waals surface area contributed by atoms with E-state index in [1.807, 2.05) is 0 Å². The normalized spacial score (nSPS) is 21.8. The Hall–Kier alpha value is -2.32. The van der Waals surface area contributed by atoms with Gasteiger partial charge in [0.05, 0.1) is 15.7 Å². The first-order valence-electron chi connectivity index (χ1n) is 9.49. The first-order valence-corrected chi connectivity index (χ1v) is 10.9. The molecule has 8 heteroatoms. The smallest absolute Gasteiger partial charge is 0.321 e. The Balaban J connectivity index is 2.24. The molecule has 0 radical (unpaired) electrons. The number of ether oxygens (including phenoxy) is 1. The summed E-state index contributed by atoms with van der Waals surface area (Å²) >= 11 is 0. The first kappa shape index (κ1) is 21.4. The number of ketones is 1. The molecular weight excluding hydrogens is 394 g/mol. The third-order valence-electron chi connectivity index (χ3n) is 5.85. The van der Waals surface area contributed by atoms with E-state index in [9.17, 15) is 22.8 Å². The molecule has 29 heavy (non-hydrogen) atoms. The first-order chi connectivity index (χ1) is 13.4. The van der Waals surface area contributed by atoms with Crippen LogP contribution in [0.5, 0.6) is 5.75 Å². The van der Waals surface area contributed by atoms with Gasteiger partial charge in [-0.2, -0.15) is 4.31 Å². The fraction of sp³-hybridized carbons (Fsp3) is 0.476. The van der Waals surface area contributed by atoms with Crippen LogP contribution in [0.25, 0.3) is 6.08 Å². The maximum Gasteiger partial charge on any atom is 0.321 e. The molecule has 2 aliphatic heterocycles. The van der Waals surface area contributed by atoms with Crippen molar-refractivity contribution in [2.24, 2.45) is 0 Å². The molecule has 0 aromatic heterocycles. The summed E-state index contributed by atoms with van der Waals surface area (Å²) in [6, 6.07) is 3.36. The van der Waals surface area contributed by atoms with Crippen molar-refractivity contribution in [2.75, 3.05) is 13.1 Å². The molecule has 0 unspecified atom stereocenters. The maximum absolute atomic E-state index is 12.7. The van der Waals surface area contributed by atoms with Crippen LogP contribution in [-0.4, -0.2) is 43.9 Å². The molecule has 2 aliphatic rings. The van der Waals surface area contributed by atoms with E-state index < -0.39 is 32.6 Å². The van der Waals surface area contributed by atoms with E-state index in [0.29, 0.717) is 36.2 Å². The van der Waals surface area contributed by atoms with E-state index in [-0.39, 0.29) is 16.9 Å². The Morgan fingerprint density at radius 1 is 1.31 bits per heavy atom. The fourth-order valence-electron chi connectivity index (χ4n) is 3.69. The monoisotopic (exact) mass is 419 g/mol. The number of hydrogen-bond donors (Lipinski definition) is 0. The number of carbonyl (C=O) groups is 3. The van der Waals surface area contributed by atoms with Crippen LogP contribution in [0, 0.1) is 0 Å². The highest BCUT2D eigenvalue weighted by Gasteiger charge is 2.45. The summed E-state index contributed by atoms with van der Waals surface area (Å²) in [5.41, 5.74) is -0.677. The van der Waals surface area contributed by atoms with Crippen LogP contribution in [0.15, 0.2) is 17.0 Å². The number of nitrogens with zero attached hydrogens (tertiary/aromatic N) is 1. The van der Waals surface area contributed by atoms with Gasteiger partial charge in [-0.15, -0.1) is 0 Å². The number of Topliss-reactive ketones (excluding diaryl/α,β-unsaturated/α-hetero) is 1. The number of benzene rings is 1. The quantitative estimate of drug-likeness (QED) is 0.314. The summed E-state index contributed by atoms with van der Waals surface area (Å²) in [6.45, 7) is 9.19. The highest BCUT2D eigenvalue weighted by molar-refractivity contribution is 7.93. The minimum atomic E-state index is -3.53. The fourth-order valence-corrected chi connectivity index (χ4v) is 5.33. The van der Waals surface area contributed by atoms with E-state index in [1.165, 1.54) is 4.31 Å². The van der Waals surface area contributed by atoms with Gasteiger partial charge in [0, 0.05) is 24.2 Å². The zero-order valence-corrected chi connectivity index (χ0v) is 18.1. The highest BCUT2D eigenvalue weighted by atomic mass is 32.2. The molecule has 0 atom stereocenters. The minimum absolute atomic E-state index is 0.250. The summed E-state index contributed by atoms with van der Waals surface area (Å²) in [5, 5.41) is 0. The van der Waals surface area contributed by atoms with Gasteiger partial charge in [0.15, 0.2) is 6.29 Å². The summed E-state index contributed by atoms with van der Waals surface area (Å²) < 4.78 is 32.2. The highest BCUT2D eigenvalue weighted by Crippen LogP contribution is 2.46. The predicted molar refractivity (Wildman–Crippen MR) is 108 cm³/mol. The Labute approximate surface area is 170 Å². The summed E-state index contributed by atoms with van der Waals surface area (Å²) in [7, 11) is -3.53. The van der Waals surface area contributed by atoms with Gasteiger partial charge in [-0.3, -0.25) is 14.4 Å². The average Bonchev–Trinajstić information content (AvgIpc) is 3.06. The molecule has 1 saturated heterocycles. The van der Waals surface area contributed by atoms with Crippen molar-refractivity contribution in [1.29, 1.82) is 0 Å². The molecule has 1 aromatic carbocycles. The van der Waals surface area contributed by atoms with Crippen LogP contribution in [0.3, 0.4) is 0 Å². The molecule has 156 valence electrons. The van der Waals surface area contributed by atoms with Crippen molar-refractivity contribution in [3.63, 3.8) is 0 Å². The van der Waals surface area contributed by atoms with E-state index in [4.69, 9.17) is 4.74 Å².